The van der Waals surface area contributed by atoms with E-state index in [4.69, 9.17) is 13.9 Å². The highest BCUT2D eigenvalue weighted by Crippen LogP contribution is 2.45. The van der Waals surface area contributed by atoms with Crippen molar-refractivity contribution in [3.05, 3.63) is 83.8 Å². The van der Waals surface area contributed by atoms with Crippen LogP contribution in [-0.4, -0.2) is 30.5 Å². The Kier molecular flexibility index (Phi) is 6.22. The highest BCUT2D eigenvalue weighted by atomic mass is 16.5. The number of ketones is 1. The Morgan fingerprint density at radius 1 is 1.09 bits per heavy atom. The normalized spacial score (nSPS) is 17.6. The summed E-state index contributed by atoms with van der Waals surface area (Å²) in [5, 5.41) is 11.2. The van der Waals surface area contributed by atoms with Crippen LogP contribution < -0.4 is 14.4 Å². The first kappa shape index (κ1) is 22.2. The molecule has 33 heavy (non-hydrogen) atoms. The van der Waals surface area contributed by atoms with Gasteiger partial charge in [-0.2, -0.15) is 0 Å². The van der Waals surface area contributed by atoms with Gasteiger partial charge in [0, 0.05) is 5.56 Å². The molecule has 7 heteroatoms. The summed E-state index contributed by atoms with van der Waals surface area (Å²) in [4.78, 5) is 27.7. The van der Waals surface area contributed by atoms with Crippen LogP contribution in [0.15, 0.2) is 76.9 Å². The number of amides is 1. The maximum Gasteiger partial charge on any atom is 0.300 e. The largest absolute Gasteiger partial charge is 0.507 e. The van der Waals surface area contributed by atoms with Crippen molar-refractivity contribution < 1.29 is 28.6 Å². The van der Waals surface area contributed by atoms with Gasteiger partial charge in [-0.15, -0.1) is 0 Å². The van der Waals surface area contributed by atoms with E-state index in [2.05, 4.69) is 0 Å². The molecule has 0 spiro atoms. The van der Waals surface area contributed by atoms with Gasteiger partial charge in [0.1, 0.15) is 29.1 Å². The molecule has 0 saturated carbocycles. The topological polar surface area (TPSA) is 89.2 Å². The number of carbonyl (C=O) groups excluding carboxylic acids is 2. The van der Waals surface area contributed by atoms with E-state index >= 15 is 0 Å². The van der Waals surface area contributed by atoms with Crippen LogP contribution in [0.2, 0.25) is 0 Å². The van der Waals surface area contributed by atoms with Gasteiger partial charge in [0.05, 0.1) is 31.2 Å². The monoisotopic (exact) mass is 447 g/mol. The van der Waals surface area contributed by atoms with Gasteiger partial charge < -0.3 is 19.0 Å². The third kappa shape index (κ3) is 4.22. The molecule has 1 aromatic heterocycles. The molecule has 1 aliphatic heterocycles. The minimum Gasteiger partial charge on any atom is -0.507 e. The van der Waals surface area contributed by atoms with E-state index in [9.17, 15) is 14.7 Å². The van der Waals surface area contributed by atoms with Gasteiger partial charge in [-0.3, -0.25) is 14.5 Å². The Bertz CT molecular complexity index is 1200. The molecule has 1 atom stereocenters. The SMILES string of the molecule is COc1ccccc1N1C(=O)C(=O)/C(=C(\O)c2cccc(OCC(C)C)c2)C1c1ccco1. The average molecular weight is 447 g/mol. The van der Waals surface area contributed by atoms with E-state index in [1.807, 2.05) is 13.8 Å². The minimum absolute atomic E-state index is 0.0677. The number of benzene rings is 2. The van der Waals surface area contributed by atoms with Crippen LogP contribution in [0.1, 0.15) is 31.2 Å². The van der Waals surface area contributed by atoms with Crippen LogP contribution in [0.5, 0.6) is 11.5 Å². The number of Topliss-reactive ketones (excluding diaryl/α,β-unsaturated/α-hetero) is 1. The summed E-state index contributed by atoms with van der Waals surface area (Å²) in [7, 11) is 1.49. The lowest BCUT2D eigenvalue weighted by Gasteiger charge is -2.24. The van der Waals surface area contributed by atoms with Crippen LogP contribution in [0.3, 0.4) is 0 Å². The van der Waals surface area contributed by atoms with Gasteiger partial charge in [0.25, 0.3) is 11.7 Å². The van der Waals surface area contributed by atoms with Gasteiger partial charge in [-0.05, 0) is 42.3 Å². The molecule has 170 valence electrons. The number of hydrogen-bond donors (Lipinski definition) is 1. The number of nitrogens with zero attached hydrogens (tertiary/aromatic N) is 1. The van der Waals surface area contributed by atoms with Crippen molar-refractivity contribution >= 4 is 23.1 Å². The lowest BCUT2D eigenvalue weighted by Crippen LogP contribution is -2.29. The molecule has 1 fully saturated rings. The molecule has 1 N–H and O–H groups in total. The van der Waals surface area contributed by atoms with E-state index in [-0.39, 0.29) is 11.3 Å². The van der Waals surface area contributed by atoms with Crippen LogP contribution in [-0.2, 0) is 9.59 Å². The molecule has 0 bridgehead atoms. The Morgan fingerprint density at radius 3 is 2.58 bits per heavy atom. The van der Waals surface area contributed by atoms with Crippen molar-refractivity contribution in [3.8, 4) is 11.5 Å². The number of hydrogen-bond acceptors (Lipinski definition) is 6. The van der Waals surface area contributed by atoms with Crippen LogP contribution in [0, 0.1) is 5.92 Å². The first-order valence-corrected chi connectivity index (χ1v) is 10.6. The molecule has 0 aliphatic carbocycles. The molecular formula is C26H25NO6. The zero-order chi connectivity index (χ0) is 23.5. The van der Waals surface area contributed by atoms with E-state index in [1.54, 1.807) is 60.7 Å². The molecule has 2 heterocycles. The fraction of sp³-hybridized carbons (Fsp3) is 0.231. The predicted octanol–water partition coefficient (Wildman–Crippen LogP) is 4.95. The van der Waals surface area contributed by atoms with E-state index in [0.29, 0.717) is 41.0 Å². The highest BCUT2D eigenvalue weighted by molar-refractivity contribution is 6.51. The fourth-order valence-corrected chi connectivity index (χ4v) is 3.78. The zero-order valence-electron chi connectivity index (χ0n) is 18.6. The maximum absolute atomic E-state index is 13.2. The van der Waals surface area contributed by atoms with Crippen molar-refractivity contribution in [3.63, 3.8) is 0 Å². The second kappa shape index (κ2) is 9.24. The zero-order valence-corrected chi connectivity index (χ0v) is 18.6. The molecule has 1 amide bonds. The lowest BCUT2D eigenvalue weighted by atomic mass is 9.99. The average Bonchev–Trinajstić information content (AvgIpc) is 3.44. The molecule has 7 nitrogen and oxygen atoms in total. The Morgan fingerprint density at radius 2 is 1.88 bits per heavy atom. The first-order valence-electron chi connectivity index (χ1n) is 10.6. The molecular weight excluding hydrogens is 422 g/mol. The lowest BCUT2D eigenvalue weighted by molar-refractivity contribution is -0.132. The minimum atomic E-state index is -0.962. The first-order chi connectivity index (χ1) is 15.9. The summed E-state index contributed by atoms with van der Waals surface area (Å²) in [5.74, 6) is -0.257. The number of aliphatic hydroxyl groups is 1. The van der Waals surface area contributed by atoms with Crippen LogP contribution >= 0.6 is 0 Å². The molecule has 3 aromatic rings. The summed E-state index contributed by atoms with van der Waals surface area (Å²) in [6.45, 7) is 4.58. The fourth-order valence-electron chi connectivity index (χ4n) is 3.78. The number of methoxy groups -OCH3 is 1. The summed E-state index contributed by atoms with van der Waals surface area (Å²) < 4.78 is 16.8. The van der Waals surface area contributed by atoms with Gasteiger partial charge >= 0.3 is 0 Å². The summed E-state index contributed by atoms with van der Waals surface area (Å²) in [6.07, 6.45) is 1.46. The number of rotatable bonds is 7. The Labute approximate surface area is 191 Å². The highest BCUT2D eigenvalue weighted by Gasteiger charge is 2.49. The number of carbonyl (C=O) groups is 2. The van der Waals surface area contributed by atoms with Gasteiger partial charge in [-0.1, -0.05) is 38.1 Å². The van der Waals surface area contributed by atoms with Gasteiger partial charge in [-0.25, -0.2) is 0 Å². The standard InChI is InChI=1S/C26H25NO6/c1-16(2)15-33-18-9-6-8-17(14-18)24(28)22-23(21-12-7-13-32-21)27(26(30)25(22)29)19-10-4-5-11-20(19)31-3/h4-14,16,23,28H,15H2,1-3H3/b24-22-. The van der Waals surface area contributed by atoms with E-state index in [1.165, 1.54) is 18.3 Å². The summed E-state index contributed by atoms with van der Waals surface area (Å²) >= 11 is 0. The number of furan rings is 1. The summed E-state index contributed by atoms with van der Waals surface area (Å²) in [6, 6.07) is 16.1. The van der Waals surface area contributed by atoms with Crippen molar-refractivity contribution in [2.24, 2.45) is 5.92 Å². The molecule has 1 saturated heterocycles. The quantitative estimate of drug-likeness (QED) is 0.313. The molecule has 2 aromatic carbocycles. The van der Waals surface area contributed by atoms with Crippen molar-refractivity contribution in [2.75, 3.05) is 18.6 Å². The van der Waals surface area contributed by atoms with E-state index < -0.39 is 17.7 Å². The third-order valence-electron chi connectivity index (χ3n) is 5.29. The Hall–Kier alpha value is -4.00. The predicted molar refractivity (Wildman–Crippen MR) is 123 cm³/mol. The van der Waals surface area contributed by atoms with Crippen LogP contribution in [0.25, 0.3) is 5.76 Å². The van der Waals surface area contributed by atoms with E-state index in [0.717, 1.165) is 0 Å². The number of para-hydroxylation sites is 2. The Balaban J connectivity index is 1.85. The van der Waals surface area contributed by atoms with Gasteiger partial charge in [0.15, 0.2) is 0 Å². The molecule has 1 aliphatic rings. The van der Waals surface area contributed by atoms with Crippen molar-refractivity contribution in [2.45, 2.75) is 19.9 Å². The van der Waals surface area contributed by atoms with Gasteiger partial charge in [0.2, 0.25) is 0 Å². The molecule has 0 radical (unpaired) electrons. The smallest absolute Gasteiger partial charge is 0.300 e. The maximum atomic E-state index is 13.2. The molecule has 4 rings (SSSR count). The number of ether oxygens (including phenoxy) is 2. The van der Waals surface area contributed by atoms with Crippen LogP contribution in [0.4, 0.5) is 5.69 Å². The number of aliphatic hydroxyl groups excluding tert-OH is 1. The third-order valence-corrected chi connectivity index (χ3v) is 5.29. The second-order valence-electron chi connectivity index (χ2n) is 8.09. The second-order valence-corrected chi connectivity index (χ2v) is 8.09. The van der Waals surface area contributed by atoms with Crippen molar-refractivity contribution in [1.82, 2.24) is 0 Å². The summed E-state index contributed by atoms with van der Waals surface area (Å²) in [5.41, 5.74) is 0.698. The number of anilines is 1. The van der Waals surface area contributed by atoms with Crippen molar-refractivity contribution in [1.29, 1.82) is 0 Å². The molecule has 1 unspecified atom stereocenters.